The summed E-state index contributed by atoms with van der Waals surface area (Å²) in [6, 6.07) is 13.8. The van der Waals surface area contributed by atoms with Gasteiger partial charge in [-0.05, 0) is 48.1 Å². The summed E-state index contributed by atoms with van der Waals surface area (Å²) in [5.41, 5.74) is 1.64. The Labute approximate surface area is 162 Å². The van der Waals surface area contributed by atoms with E-state index in [1.54, 1.807) is 38.3 Å². The van der Waals surface area contributed by atoms with Crippen molar-refractivity contribution in [3.05, 3.63) is 75.8 Å². The third-order valence-corrected chi connectivity index (χ3v) is 4.76. The first-order chi connectivity index (χ1) is 13.5. The van der Waals surface area contributed by atoms with E-state index < -0.39 is 0 Å². The van der Waals surface area contributed by atoms with Gasteiger partial charge in [-0.3, -0.25) is 9.59 Å². The molecule has 0 spiro atoms. The number of halogens is 1. The topological polar surface area (TPSA) is 71.2 Å². The van der Waals surface area contributed by atoms with Crippen LogP contribution in [0.15, 0.2) is 53.3 Å². The van der Waals surface area contributed by atoms with Crippen molar-refractivity contribution in [1.29, 1.82) is 0 Å². The molecule has 3 rings (SSSR count). The lowest BCUT2D eigenvalue weighted by Gasteiger charge is -2.13. The van der Waals surface area contributed by atoms with Gasteiger partial charge in [0.1, 0.15) is 11.6 Å². The summed E-state index contributed by atoms with van der Waals surface area (Å²) >= 11 is 0. The average molecular weight is 382 g/mol. The summed E-state index contributed by atoms with van der Waals surface area (Å²) in [6.45, 7) is 2.10. The molecule has 2 N–H and O–H groups in total. The Balaban J connectivity index is 1.59. The minimum Gasteiger partial charge on any atom is -0.497 e. The molecule has 1 amide bonds. The van der Waals surface area contributed by atoms with Crippen LogP contribution < -0.4 is 15.6 Å². The number of hydrogen-bond acceptors (Lipinski definition) is 3. The zero-order chi connectivity index (χ0) is 20.1. The predicted molar refractivity (Wildman–Crippen MR) is 107 cm³/mol. The number of carbonyl (C=O) groups is 1. The van der Waals surface area contributed by atoms with Crippen molar-refractivity contribution < 1.29 is 13.9 Å². The zero-order valence-electron chi connectivity index (χ0n) is 15.9. The summed E-state index contributed by atoms with van der Waals surface area (Å²) in [4.78, 5) is 27.4. The lowest BCUT2D eigenvalue weighted by atomic mass is 10.00. The highest BCUT2D eigenvalue weighted by Crippen LogP contribution is 2.18. The van der Waals surface area contributed by atoms with Crippen LogP contribution in [0.4, 0.5) is 4.39 Å². The van der Waals surface area contributed by atoms with Crippen LogP contribution in [-0.4, -0.2) is 24.5 Å². The Morgan fingerprint density at radius 3 is 2.71 bits per heavy atom. The number of fused-ring (bicyclic) bond motifs is 1. The van der Waals surface area contributed by atoms with E-state index in [2.05, 4.69) is 10.3 Å². The molecule has 1 atom stereocenters. The van der Waals surface area contributed by atoms with Crippen molar-refractivity contribution in [3.63, 3.8) is 0 Å². The van der Waals surface area contributed by atoms with E-state index in [9.17, 15) is 14.0 Å². The highest BCUT2D eigenvalue weighted by molar-refractivity contribution is 5.80. The third-order valence-electron chi connectivity index (χ3n) is 4.76. The number of methoxy groups -OCH3 is 1. The number of amides is 1. The first-order valence-electron chi connectivity index (χ1n) is 9.19. The summed E-state index contributed by atoms with van der Waals surface area (Å²) in [5, 5.41) is 3.73. The van der Waals surface area contributed by atoms with Crippen LogP contribution in [0.3, 0.4) is 0 Å². The zero-order valence-corrected chi connectivity index (χ0v) is 15.9. The molecule has 0 aliphatic heterocycles. The van der Waals surface area contributed by atoms with Gasteiger partial charge in [-0.15, -0.1) is 0 Å². The fraction of sp³-hybridized carbons (Fsp3) is 0.273. The van der Waals surface area contributed by atoms with Crippen molar-refractivity contribution >= 4 is 16.8 Å². The molecule has 0 bridgehead atoms. The van der Waals surface area contributed by atoms with Crippen LogP contribution >= 0.6 is 0 Å². The van der Waals surface area contributed by atoms with Gasteiger partial charge in [-0.1, -0.05) is 25.1 Å². The van der Waals surface area contributed by atoms with E-state index in [1.165, 1.54) is 6.07 Å². The molecule has 1 unspecified atom stereocenters. The Morgan fingerprint density at radius 1 is 1.18 bits per heavy atom. The molecule has 146 valence electrons. The third kappa shape index (κ3) is 4.57. The van der Waals surface area contributed by atoms with E-state index in [1.807, 2.05) is 18.2 Å². The number of hydrogen-bond donors (Lipinski definition) is 2. The van der Waals surface area contributed by atoms with Crippen molar-refractivity contribution in [2.75, 3.05) is 13.7 Å². The maximum absolute atomic E-state index is 13.7. The van der Waals surface area contributed by atoms with Crippen molar-refractivity contribution in [3.8, 4) is 5.75 Å². The van der Waals surface area contributed by atoms with Gasteiger partial charge < -0.3 is 15.0 Å². The number of pyridine rings is 1. The number of H-pyrrole nitrogens is 1. The number of carbonyl (C=O) groups excluding carboxylic acids is 1. The summed E-state index contributed by atoms with van der Waals surface area (Å²) in [7, 11) is 1.57. The van der Waals surface area contributed by atoms with E-state index >= 15 is 0 Å². The summed E-state index contributed by atoms with van der Waals surface area (Å²) < 4.78 is 18.9. The van der Waals surface area contributed by atoms with Crippen LogP contribution in [0.5, 0.6) is 5.75 Å². The number of nitrogens with one attached hydrogen (secondary N) is 2. The summed E-state index contributed by atoms with van der Waals surface area (Å²) in [6.07, 6.45) is 0.742. The second-order valence-corrected chi connectivity index (χ2v) is 6.81. The lowest BCUT2D eigenvalue weighted by Crippen LogP contribution is -2.32. The van der Waals surface area contributed by atoms with Crippen LogP contribution in [0.2, 0.25) is 0 Å². The molecule has 5 nitrogen and oxygen atoms in total. The second-order valence-electron chi connectivity index (χ2n) is 6.81. The largest absolute Gasteiger partial charge is 0.497 e. The smallest absolute Gasteiger partial charge is 0.251 e. The van der Waals surface area contributed by atoms with Crippen molar-refractivity contribution in [2.24, 2.45) is 5.92 Å². The highest BCUT2D eigenvalue weighted by atomic mass is 19.1. The fourth-order valence-corrected chi connectivity index (χ4v) is 3.12. The molecule has 0 aliphatic carbocycles. The van der Waals surface area contributed by atoms with E-state index in [4.69, 9.17) is 4.74 Å². The first kappa shape index (κ1) is 19.6. The molecule has 0 saturated carbocycles. The molecule has 0 fully saturated rings. The molecular formula is C22H23FN2O3. The quantitative estimate of drug-likeness (QED) is 0.659. The van der Waals surface area contributed by atoms with Crippen LogP contribution in [-0.2, 0) is 17.6 Å². The number of aromatic nitrogens is 1. The standard InChI is InChI=1S/C22H23FN2O3/c1-14(11-15-5-3-4-6-19(15)23)21(26)24-10-9-17-12-16-7-8-18(28-2)13-20(16)25-22(17)27/h3-8,12-14H,9-11H2,1-2H3,(H,24,26)(H,25,27). The molecule has 1 heterocycles. The molecule has 1 aromatic heterocycles. The number of rotatable bonds is 7. The van der Waals surface area contributed by atoms with E-state index in [-0.39, 0.29) is 23.2 Å². The van der Waals surface area contributed by atoms with Gasteiger partial charge in [0, 0.05) is 24.1 Å². The predicted octanol–water partition coefficient (Wildman–Crippen LogP) is 3.21. The van der Waals surface area contributed by atoms with Gasteiger partial charge in [0.25, 0.3) is 5.56 Å². The van der Waals surface area contributed by atoms with E-state index in [0.29, 0.717) is 41.8 Å². The summed E-state index contributed by atoms with van der Waals surface area (Å²) in [5.74, 6) is -0.155. The van der Waals surface area contributed by atoms with Gasteiger partial charge in [-0.25, -0.2) is 4.39 Å². The molecule has 6 heteroatoms. The van der Waals surface area contributed by atoms with Gasteiger partial charge in [0.2, 0.25) is 5.91 Å². The molecule has 0 radical (unpaired) electrons. The highest BCUT2D eigenvalue weighted by Gasteiger charge is 2.15. The minimum atomic E-state index is -0.362. The Morgan fingerprint density at radius 2 is 1.96 bits per heavy atom. The SMILES string of the molecule is COc1ccc2cc(CCNC(=O)C(C)Cc3ccccc3F)c(=O)[nH]c2c1. The number of benzene rings is 2. The number of aromatic amines is 1. The maximum Gasteiger partial charge on any atom is 0.251 e. The van der Waals surface area contributed by atoms with E-state index in [0.717, 1.165) is 5.39 Å². The molecule has 28 heavy (non-hydrogen) atoms. The average Bonchev–Trinajstić information content (AvgIpc) is 2.69. The second kappa shape index (κ2) is 8.69. The fourth-order valence-electron chi connectivity index (χ4n) is 3.12. The molecule has 0 aliphatic rings. The molecule has 0 saturated heterocycles. The van der Waals surface area contributed by atoms with Gasteiger partial charge in [0.15, 0.2) is 0 Å². The normalized spacial score (nSPS) is 12.0. The molecule has 3 aromatic rings. The Bertz CT molecular complexity index is 1050. The van der Waals surface area contributed by atoms with Crippen molar-refractivity contribution in [1.82, 2.24) is 10.3 Å². The monoisotopic (exact) mass is 382 g/mol. The first-order valence-corrected chi connectivity index (χ1v) is 9.19. The Hall–Kier alpha value is -3.15. The van der Waals surface area contributed by atoms with Gasteiger partial charge >= 0.3 is 0 Å². The molecule has 2 aromatic carbocycles. The van der Waals surface area contributed by atoms with Crippen LogP contribution in [0, 0.1) is 11.7 Å². The maximum atomic E-state index is 13.7. The molecular weight excluding hydrogens is 359 g/mol. The van der Waals surface area contributed by atoms with Crippen molar-refractivity contribution in [2.45, 2.75) is 19.8 Å². The van der Waals surface area contributed by atoms with Crippen LogP contribution in [0.1, 0.15) is 18.1 Å². The number of ether oxygens (including phenoxy) is 1. The van der Waals surface area contributed by atoms with Gasteiger partial charge in [-0.2, -0.15) is 0 Å². The Kier molecular flexibility index (Phi) is 6.09. The van der Waals surface area contributed by atoms with Crippen LogP contribution in [0.25, 0.3) is 10.9 Å². The van der Waals surface area contributed by atoms with Gasteiger partial charge in [0.05, 0.1) is 12.6 Å². The lowest BCUT2D eigenvalue weighted by molar-refractivity contribution is -0.124. The minimum absolute atomic E-state index is 0.162.